The van der Waals surface area contributed by atoms with Gasteiger partial charge in [-0.2, -0.15) is 13.2 Å². The van der Waals surface area contributed by atoms with Gasteiger partial charge in [0.15, 0.2) is 0 Å². The Morgan fingerprint density at radius 3 is 2.38 bits per heavy atom. The van der Waals surface area contributed by atoms with Gasteiger partial charge in [0.05, 0.1) is 6.61 Å². The molecule has 0 heterocycles. The SMILES string of the molecule is CC(C)C(NCCOCC(F)(F)F)C(=O)O. The monoisotopic (exact) mass is 243 g/mol. The maximum Gasteiger partial charge on any atom is 0.411 e. The summed E-state index contributed by atoms with van der Waals surface area (Å²) >= 11 is 0. The van der Waals surface area contributed by atoms with Crippen LogP contribution in [0, 0.1) is 5.92 Å². The van der Waals surface area contributed by atoms with Crippen molar-refractivity contribution in [2.45, 2.75) is 26.1 Å². The zero-order valence-electron chi connectivity index (χ0n) is 9.17. The van der Waals surface area contributed by atoms with Gasteiger partial charge in [0.25, 0.3) is 0 Å². The van der Waals surface area contributed by atoms with E-state index < -0.39 is 24.8 Å². The molecule has 0 amide bonds. The number of hydrogen-bond donors (Lipinski definition) is 2. The second-order valence-electron chi connectivity index (χ2n) is 3.68. The fourth-order valence-corrected chi connectivity index (χ4v) is 1.08. The van der Waals surface area contributed by atoms with Crippen LogP contribution in [0.3, 0.4) is 0 Å². The largest absolute Gasteiger partial charge is 0.480 e. The summed E-state index contributed by atoms with van der Waals surface area (Å²) in [5.74, 6) is -1.16. The van der Waals surface area contributed by atoms with Gasteiger partial charge in [0.1, 0.15) is 12.6 Å². The van der Waals surface area contributed by atoms with Crippen LogP contribution in [-0.2, 0) is 9.53 Å². The number of rotatable bonds is 7. The van der Waals surface area contributed by atoms with Crippen molar-refractivity contribution in [3.63, 3.8) is 0 Å². The van der Waals surface area contributed by atoms with Crippen LogP contribution in [0.15, 0.2) is 0 Å². The van der Waals surface area contributed by atoms with Gasteiger partial charge in [0, 0.05) is 6.54 Å². The van der Waals surface area contributed by atoms with E-state index in [1.807, 2.05) is 0 Å². The lowest BCUT2D eigenvalue weighted by Crippen LogP contribution is -2.42. The second-order valence-corrected chi connectivity index (χ2v) is 3.68. The molecule has 0 fully saturated rings. The summed E-state index contributed by atoms with van der Waals surface area (Å²) in [6, 6.07) is -0.769. The summed E-state index contributed by atoms with van der Waals surface area (Å²) in [5.41, 5.74) is 0. The lowest BCUT2D eigenvalue weighted by Gasteiger charge is -2.17. The lowest BCUT2D eigenvalue weighted by atomic mass is 10.1. The Morgan fingerprint density at radius 2 is 2.00 bits per heavy atom. The van der Waals surface area contributed by atoms with Crippen molar-refractivity contribution in [2.75, 3.05) is 19.8 Å². The zero-order valence-corrected chi connectivity index (χ0v) is 9.17. The molecule has 0 saturated heterocycles. The van der Waals surface area contributed by atoms with Crippen molar-refractivity contribution in [2.24, 2.45) is 5.92 Å². The first-order valence-corrected chi connectivity index (χ1v) is 4.84. The van der Waals surface area contributed by atoms with Gasteiger partial charge >= 0.3 is 12.1 Å². The van der Waals surface area contributed by atoms with E-state index in [1.165, 1.54) is 0 Å². The van der Waals surface area contributed by atoms with E-state index in [0.29, 0.717) is 0 Å². The van der Waals surface area contributed by atoms with Crippen molar-refractivity contribution in [3.05, 3.63) is 0 Å². The predicted octanol–water partition coefficient (Wildman–Crippen LogP) is 1.26. The summed E-state index contributed by atoms with van der Waals surface area (Å²) in [4.78, 5) is 10.7. The molecule has 0 aliphatic heterocycles. The Morgan fingerprint density at radius 1 is 1.44 bits per heavy atom. The van der Waals surface area contributed by atoms with E-state index in [2.05, 4.69) is 10.1 Å². The molecule has 0 aliphatic carbocycles. The summed E-state index contributed by atoms with van der Waals surface area (Å²) in [6.45, 7) is 2.01. The van der Waals surface area contributed by atoms with Crippen LogP contribution in [0.1, 0.15) is 13.8 Å². The lowest BCUT2D eigenvalue weighted by molar-refractivity contribution is -0.173. The molecular weight excluding hydrogens is 227 g/mol. The average molecular weight is 243 g/mol. The molecule has 0 aromatic carbocycles. The van der Waals surface area contributed by atoms with Crippen LogP contribution in [0.2, 0.25) is 0 Å². The molecule has 96 valence electrons. The highest BCUT2D eigenvalue weighted by Crippen LogP contribution is 2.14. The molecule has 2 N–H and O–H groups in total. The van der Waals surface area contributed by atoms with E-state index in [4.69, 9.17) is 5.11 Å². The first-order valence-electron chi connectivity index (χ1n) is 4.84. The Bertz CT molecular complexity index is 219. The fraction of sp³-hybridized carbons (Fsp3) is 0.889. The summed E-state index contributed by atoms with van der Waals surface area (Å²) in [5, 5.41) is 11.4. The van der Waals surface area contributed by atoms with Crippen LogP contribution in [0.5, 0.6) is 0 Å². The molecule has 16 heavy (non-hydrogen) atoms. The molecule has 0 rings (SSSR count). The summed E-state index contributed by atoms with van der Waals surface area (Å²) in [6.07, 6.45) is -4.34. The third-order valence-corrected chi connectivity index (χ3v) is 1.81. The molecule has 1 atom stereocenters. The fourth-order valence-electron chi connectivity index (χ4n) is 1.08. The van der Waals surface area contributed by atoms with Crippen molar-refractivity contribution < 1.29 is 27.8 Å². The maximum absolute atomic E-state index is 11.7. The van der Waals surface area contributed by atoms with E-state index in [-0.39, 0.29) is 19.1 Å². The van der Waals surface area contributed by atoms with Crippen molar-refractivity contribution in [1.82, 2.24) is 5.32 Å². The normalized spacial score (nSPS) is 14.1. The third kappa shape index (κ3) is 7.47. The van der Waals surface area contributed by atoms with E-state index in [1.54, 1.807) is 13.8 Å². The molecule has 1 unspecified atom stereocenters. The number of carbonyl (C=O) groups is 1. The number of nitrogens with one attached hydrogen (secondary N) is 1. The van der Waals surface area contributed by atoms with Crippen LogP contribution in [0.4, 0.5) is 13.2 Å². The standard InChI is InChI=1S/C9H16F3NO3/c1-6(2)7(8(14)15)13-3-4-16-5-9(10,11)12/h6-7,13H,3-5H2,1-2H3,(H,14,15). The molecule has 0 aromatic rings. The number of alkyl halides is 3. The predicted molar refractivity (Wildman–Crippen MR) is 51.1 cm³/mol. The quantitative estimate of drug-likeness (QED) is 0.661. The topological polar surface area (TPSA) is 58.6 Å². The minimum Gasteiger partial charge on any atom is -0.480 e. The molecule has 0 spiro atoms. The van der Waals surface area contributed by atoms with Gasteiger partial charge in [-0.15, -0.1) is 0 Å². The molecule has 7 heteroatoms. The van der Waals surface area contributed by atoms with Gasteiger partial charge in [-0.1, -0.05) is 13.8 Å². The van der Waals surface area contributed by atoms with Gasteiger partial charge in [-0.05, 0) is 5.92 Å². The smallest absolute Gasteiger partial charge is 0.411 e. The van der Waals surface area contributed by atoms with Crippen LogP contribution in [-0.4, -0.2) is 43.1 Å². The Hall–Kier alpha value is -0.820. The molecule has 0 bridgehead atoms. The number of ether oxygens (including phenoxy) is 1. The van der Waals surface area contributed by atoms with E-state index >= 15 is 0 Å². The Labute approximate surface area is 91.8 Å². The van der Waals surface area contributed by atoms with Gasteiger partial charge in [0.2, 0.25) is 0 Å². The Balaban J connectivity index is 3.68. The number of halogens is 3. The molecule has 0 radical (unpaired) electrons. The molecule has 0 aliphatic rings. The first-order chi connectivity index (χ1) is 7.24. The summed E-state index contributed by atoms with van der Waals surface area (Å²) in [7, 11) is 0. The van der Waals surface area contributed by atoms with E-state index in [0.717, 1.165) is 0 Å². The minimum atomic E-state index is -4.34. The minimum absolute atomic E-state index is 0.0746. The highest BCUT2D eigenvalue weighted by Gasteiger charge is 2.27. The third-order valence-electron chi connectivity index (χ3n) is 1.81. The van der Waals surface area contributed by atoms with Crippen LogP contribution < -0.4 is 5.32 Å². The molecule has 0 saturated carbocycles. The highest BCUT2D eigenvalue weighted by atomic mass is 19.4. The zero-order chi connectivity index (χ0) is 12.8. The average Bonchev–Trinajstić information content (AvgIpc) is 2.07. The van der Waals surface area contributed by atoms with Crippen LogP contribution in [0.25, 0.3) is 0 Å². The van der Waals surface area contributed by atoms with Gasteiger partial charge < -0.3 is 15.2 Å². The maximum atomic E-state index is 11.7. The van der Waals surface area contributed by atoms with Crippen molar-refractivity contribution in [1.29, 1.82) is 0 Å². The molecule has 0 aromatic heterocycles. The number of hydrogen-bond acceptors (Lipinski definition) is 3. The summed E-state index contributed by atoms with van der Waals surface area (Å²) < 4.78 is 39.3. The van der Waals surface area contributed by atoms with Crippen molar-refractivity contribution >= 4 is 5.97 Å². The van der Waals surface area contributed by atoms with Gasteiger partial charge in [-0.25, -0.2) is 0 Å². The van der Waals surface area contributed by atoms with E-state index in [9.17, 15) is 18.0 Å². The number of carboxylic acid groups (broad SMARTS) is 1. The number of aliphatic carboxylic acids is 1. The van der Waals surface area contributed by atoms with Crippen molar-refractivity contribution in [3.8, 4) is 0 Å². The first kappa shape index (κ1) is 15.2. The Kier molecular flexibility index (Phi) is 6.35. The van der Waals surface area contributed by atoms with Gasteiger partial charge in [-0.3, -0.25) is 4.79 Å². The second kappa shape index (κ2) is 6.70. The molecule has 4 nitrogen and oxygen atoms in total. The molecular formula is C9H16F3NO3. The highest BCUT2D eigenvalue weighted by molar-refractivity contribution is 5.73. The van der Waals surface area contributed by atoms with Crippen LogP contribution >= 0.6 is 0 Å². The number of carboxylic acids is 1.